The van der Waals surface area contributed by atoms with Crippen LogP contribution in [-0.2, 0) is 9.53 Å². The highest BCUT2D eigenvalue weighted by atomic mass is 16.5. The summed E-state index contributed by atoms with van der Waals surface area (Å²) in [4.78, 5) is 14.9. The zero-order valence-electron chi connectivity index (χ0n) is 12.3. The summed E-state index contributed by atoms with van der Waals surface area (Å²) < 4.78 is 11.4. The van der Waals surface area contributed by atoms with Crippen LogP contribution in [0.5, 0.6) is 5.75 Å². The lowest BCUT2D eigenvalue weighted by Gasteiger charge is -2.36. The first-order chi connectivity index (χ1) is 10.2. The average molecular weight is 287 g/mol. The highest BCUT2D eigenvalue weighted by Crippen LogP contribution is 2.38. The summed E-state index contributed by atoms with van der Waals surface area (Å²) in [6.45, 7) is 0.414. The Hall–Kier alpha value is -1.55. The molecule has 2 fully saturated rings. The number of ether oxygens (including phenoxy) is 2. The van der Waals surface area contributed by atoms with Crippen molar-refractivity contribution in [3.8, 4) is 5.75 Å². The van der Waals surface area contributed by atoms with Crippen LogP contribution in [0.15, 0.2) is 24.3 Å². The summed E-state index contributed by atoms with van der Waals surface area (Å²) in [6.07, 6.45) is 4.52. The van der Waals surface area contributed by atoms with Crippen molar-refractivity contribution in [1.82, 2.24) is 4.90 Å². The van der Waals surface area contributed by atoms with Gasteiger partial charge in [0.2, 0.25) is 0 Å². The van der Waals surface area contributed by atoms with Gasteiger partial charge in [-0.25, -0.2) is 0 Å². The molecule has 0 saturated carbocycles. The van der Waals surface area contributed by atoms with Crippen LogP contribution in [0.2, 0.25) is 0 Å². The van der Waals surface area contributed by atoms with Gasteiger partial charge in [-0.15, -0.1) is 0 Å². The van der Waals surface area contributed by atoms with E-state index >= 15 is 0 Å². The van der Waals surface area contributed by atoms with E-state index in [0.717, 1.165) is 24.2 Å². The molecule has 0 amide bonds. The SMILES string of the molecule is CN1[C@@H]2CC[C@H]1CC(OC(=O)C1COc3ccccc31)C2. The van der Waals surface area contributed by atoms with E-state index in [4.69, 9.17) is 9.47 Å². The van der Waals surface area contributed by atoms with Crippen molar-refractivity contribution >= 4 is 5.97 Å². The first-order valence-electron chi connectivity index (χ1n) is 7.86. The largest absolute Gasteiger partial charge is 0.492 e. The predicted octanol–water partition coefficient (Wildman–Crippen LogP) is 2.33. The maximum atomic E-state index is 12.5. The topological polar surface area (TPSA) is 38.8 Å². The Morgan fingerprint density at radius 1 is 1.24 bits per heavy atom. The zero-order valence-corrected chi connectivity index (χ0v) is 12.3. The van der Waals surface area contributed by atoms with E-state index in [1.165, 1.54) is 12.8 Å². The number of carbonyl (C=O) groups is 1. The molecule has 2 bridgehead atoms. The lowest BCUT2D eigenvalue weighted by molar-refractivity contribution is -0.154. The van der Waals surface area contributed by atoms with Crippen LogP contribution < -0.4 is 4.74 Å². The van der Waals surface area contributed by atoms with E-state index in [1.54, 1.807) is 0 Å². The molecule has 2 unspecified atom stereocenters. The Bertz CT molecular complexity index is 545. The minimum absolute atomic E-state index is 0.0824. The van der Waals surface area contributed by atoms with Crippen LogP contribution >= 0.6 is 0 Å². The minimum atomic E-state index is -0.251. The van der Waals surface area contributed by atoms with Crippen molar-refractivity contribution in [3.63, 3.8) is 0 Å². The second kappa shape index (κ2) is 5.02. The second-order valence-electron chi connectivity index (χ2n) is 6.48. The van der Waals surface area contributed by atoms with Crippen LogP contribution in [0.4, 0.5) is 0 Å². The van der Waals surface area contributed by atoms with Crippen LogP contribution in [0, 0.1) is 0 Å². The van der Waals surface area contributed by atoms with Crippen LogP contribution in [0.1, 0.15) is 37.2 Å². The number of esters is 1. The highest BCUT2D eigenvalue weighted by molar-refractivity contribution is 5.80. The third kappa shape index (κ3) is 2.22. The molecule has 3 heterocycles. The van der Waals surface area contributed by atoms with Gasteiger partial charge < -0.3 is 14.4 Å². The van der Waals surface area contributed by atoms with Gasteiger partial charge >= 0.3 is 5.97 Å². The lowest BCUT2D eigenvalue weighted by atomic mass is 9.99. The van der Waals surface area contributed by atoms with E-state index in [1.807, 2.05) is 24.3 Å². The molecule has 0 radical (unpaired) electrons. The van der Waals surface area contributed by atoms with Crippen LogP contribution in [-0.4, -0.2) is 42.7 Å². The van der Waals surface area contributed by atoms with Gasteiger partial charge in [-0.1, -0.05) is 18.2 Å². The molecule has 1 aromatic rings. The molecular formula is C17H21NO3. The van der Waals surface area contributed by atoms with Crippen LogP contribution in [0.25, 0.3) is 0 Å². The summed E-state index contributed by atoms with van der Waals surface area (Å²) in [5.74, 6) is 0.454. The van der Waals surface area contributed by atoms with Gasteiger partial charge in [-0.05, 0) is 38.8 Å². The van der Waals surface area contributed by atoms with Crippen LogP contribution in [0.3, 0.4) is 0 Å². The first kappa shape index (κ1) is 13.1. The normalized spacial score (nSPS) is 34.3. The minimum Gasteiger partial charge on any atom is -0.492 e. The van der Waals surface area contributed by atoms with E-state index in [9.17, 15) is 4.79 Å². The van der Waals surface area contributed by atoms with Crippen molar-refractivity contribution < 1.29 is 14.3 Å². The van der Waals surface area contributed by atoms with Gasteiger partial charge in [0.05, 0.1) is 0 Å². The third-order valence-corrected chi connectivity index (χ3v) is 5.32. The third-order valence-electron chi connectivity index (χ3n) is 5.32. The van der Waals surface area contributed by atoms with Crippen molar-refractivity contribution in [3.05, 3.63) is 29.8 Å². The Morgan fingerprint density at radius 3 is 2.71 bits per heavy atom. The summed E-state index contributed by atoms with van der Waals surface area (Å²) in [6, 6.07) is 8.94. The number of piperidine rings is 1. The Morgan fingerprint density at radius 2 is 1.95 bits per heavy atom. The maximum absolute atomic E-state index is 12.5. The number of nitrogens with zero attached hydrogens (tertiary/aromatic N) is 1. The fourth-order valence-electron chi connectivity index (χ4n) is 4.06. The molecule has 4 nitrogen and oxygen atoms in total. The van der Waals surface area contributed by atoms with Crippen molar-refractivity contribution in [2.45, 2.75) is 49.8 Å². The van der Waals surface area contributed by atoms with Gasteiger partial charge in [0.25, 0.3) is 0 Å². The number of carbonyl (C=O) groups excluding carboxylic acids is 1. The molecule has 0 aliphatic carbocycles. The standard InChI is InChI=1S/C17H21NO3/c1-18-11-6-7-12(18)9-13(8-11)21-17(19)15-10-20-16-5-3-2-4-14(15)16/h2-5,11-13,15H,6-10H2,1H3/t11-,12+,13?,15?. The fraction of sp³-hybridized carbons (Fsp3) is 0.588. The molecule has 21 heavy (non-hydrogen) atoms. The van der Waals surface area contributed by atoms with Gasteiger partial charge in [0.15, 0.2) is 0 Å². The molecule has 3 aliphatic rings. The maximum Gasteiger partial charge on any atom is 0.317 e. The molecule has 2 saturated heterocycles. The molecule has 0 N–H and O–H groups in total. The Kier molecular flexibility index (Phi) is 3.14. The number of hydrogen-bond donors (Lipinski definition) is 0. The zero-order chi connectivity index (χ0) is 14.4. The van der Waals surface area contributed by atoms with Gasteiger partial charge in [0, 0.05) is 17.6 Å². The Balaban J connectivity index is 1.43. The molecule has 3 aliphatic heterocycles. The summed E-state index contributed by atoms with van der Waals surface area (Å²) >= 11 is 0. The summed E-state index contributed by atoms with van der Waals surface area (Å²) in [5.41, 5.74) is 0.971. The van der Waals surface area contributed by atoms with Gasteiger partial charge in [-0.3, -0.25) is 4.79 Å². The molecule has 1 aromatic carbocycles. The number of hydrogen-bond acceptors (Lipinski definition) is 4. The van der Waals surface area contributed by atoms with Crippen molar-refractivity contribution in [2.24, 2.45) is 0 Å². The number of benzene rings is 1. The van der Waals surface area contributed by atoms with E-state index < -0.39 is 0 Å². The number of rotatable bonds is 2. The van der Waals surface area contributed by atoms with E-state index in [0.29, 0.717) is 18.7 Å². The quantitative estimate of drug-likeness (QED) is 0.783. The molecule has 4 rings (SSSR count). The average Bonchev–Trinajstić information content (AvgIpc) is 2.98. The van der Waals surface area contributed by atoms with Gasteiger partial charge in [-0.2, -0.15) is 0 Å². The molecule has 4 heteroatoms. The monoisotopic (exact) mass is 287 g/mol. The fourth-order valence-corrected chi connectivity index (χ4v) is 4.06. The van der Waals surface area contributed by atoms with Gasteiger partial charge in [0.1, 0.15) is 24.4 Å². The molecular weight excluding hydrogens is 266 g/mol. The predicted molar refractivity (Wildman–Crippen MR) is 78.4 cm³/mol. The molecule has 0 spiro atoms. The summed E-state index contributed by atoms with van der Waals surface area (Å²) in [7, 11) is 2.20. The Labute approximate surface area is 125 Å². The number of fused-ring (bicyclic) bond motifs is 3. The molecule has 0 aromatic heterocycles. The summed E-state index contributed by atoms with van der Waals surface area (Å²) in [5, 5.41) is 0. The second-order valence-corrected chi connectivity index (χ2v) is 6.48. The van der Waals surface area contributed by atoms with Crippen molar-refractivity contribution in [2.75, 3.05) is 13.7 Å². The number of para-hydroxylation sites is 1. The van der Waals surface area contributed by atoms with E-state index in [2.05, 4.69) is 11.9 Å². The van der Waals surface area contributed by atoms with E-state index in [-0.39, 0.29) is 18.0 Å². The smallest absolute Gasteiger partial charge is 0.317 e. The lowest BCUT2D eigenvalue weighted by Crippen LogP contribution is -2.43. The molecule has 4 atom stereocenters. The highest BCUT2D eigenvalue weighted by Gasteiger charge is 2.41. The van der Waals surface area contributed by atoms with Crippen molar-refractivity contribution in [1.29, 1.82) is 0 Å². The first-order valence-corrected chi connectivity index (χ1v) is 7.86. The molecule has 112 valence electrons.